The highest BCUT2D eigenvalue weighted by Gasteiger charge is 2.32. The number of aromatic nitrogens is 4. The van der Waals surface area contributed by atoms with E-state index in [1.54, 1.807) is 35.5 Å². The van der Waals surface area contributed by atoms with E-state index in [1.807, 2.05) is 12.1 Å². The van der Waals surface area contributed by atoms with E-state index in [4.69, 9.17) is 4.42 Å². The van der Waals surface area contributed by atoms with Gasteiger partial charge in [-0.15, -0.1) is 0 Å². The fourth-order valence-corrected chi connectivity index (χ4v) is 3.62. The van der Waals surface area contributed by atoms with Crippen LogP contribution in [0.3, 0.4) is 0 Å². The zero-order valence-electron chi connectivity index (χ0n) is 14.7. The predicted molar refractivity (Wildman–Crippen MR) is 99.1 cm³/mol. The van der Waals surface area contributed by atoms with E-state index in [0.29, 0.717) is 12.4 Å². The molecule has 7 nitrogen and oxygen atoms in total. The van der Waals surface area contributed by atoms with Gasteiger partial charge in [-0.3, -0.25) is 9.89 Å². The van der Waals surface area contributed by atoms with Gasteiger partial charge in [0.25, 0.3) is 0 Å². The highest BCUT2D eigenvalue weighted by molar-refractivity contribution is 5.94. The molecule has 140 valence electrons. The van der Waals surface area contributed by atoms with Crippen molar-refractivity contribution in [1.29, 1.82) is 0 Å². The maximum Gasteiger partial charge on any atom is 0.226 e. The van der Waals surface area contributed by atoms with E-state index in [-0.39, 0.29) is 24.1 Å². The molecule has 1 aliphatic rings. The average molecular weight is 377 g/mol. The van der Waals surface area contributed by atoms with Crippen LogP contribution in [0.1, 0.15) is 29.2 Å². The van der Waals surface area contributed by atoms with Gasteiger partial charge in [0.05, 0.1) is 24.4 Å². The van der Waals surface area contributed by atoms with Crippen LogP contribution in [0.5, 0.6) is 0 Å². The highest BCUT2D eigenvalue weighted by atomic mass is 19.1. The normalized spacial score (nSPS) is 16.0. The molecule has 0 saturated carbocycles. The first-order chi connectivity index (χ1) is 13.7. The molecule has 4 aromatic rings. The molecule has 1 aliphatic heterocycles. The van der Waals surface area contributed by atoms with Crippen molar-refractivity contribution in [3.05, 3.63) is 77.8 Å². The number of anilines is 1. The summed E-state index contributed by atoms with van der Waals surface area (Å²) in [6, 6.07) is 9.86. The van der Waals surface area contributed by atoms with Crippen molar-refractivity contribution in [1.82, 2.24) is 20.0 Å². The van der Waals surface area contributed by atoms with Crippen LogP contribution >= 0.6 is 0 Å². The molecule has 0 spiro atoms. The number of H-pyrrole nitrogens is 1. The molecule has 8 heteroatoms. The number of rotatable bonds is 4. The Balaban J connectivity index is 1.55. The number of benzene rings is 1. The molecule has 3 aromatic heterocycles. The van der Waals surface area contributed by atoms with E-state index >= 15 is 0 Å². The predicted octanol–water partition coefficient (Wildman–Crippen LogP) is 3.53. The number of carbonyl (C=O) groups is 1. The lowest BCUT2D eigenvalue weighted by Gasteiger charge is -2.23. The fourth-order valence-electron chi connectivity index (χ4n) is 3.62. The number of fused-ring (bicyclic) bond motifs is 1. The Morgan fingerprint density at radius 3 is 2.82 bits per heavy atom. The maximum atomic E-state index is 13.3. The Morgan fingerprint density at radius 1 is 1.18 bits per heavy atom. The first-order valence-corrected chi connectivity index (χ1v) is 8.86. The van der Waals surface area contributed by atoms with E-state index in [2.05, 4.69) is 20.6 Å². The van der Waals surface area contributed by atoms with Crippen molar-refractivity contribution in [2.45, 2.75) is 18.9 Å². The van der Waals surface area contributed by atoms with Gasteiger partial charge in [-0.1, -0.05) is 0 Å². The summed E-state index contributed by atoms with van der Waals surface area (Å²) < 4.78 is 20.4. The number of furan rings is 1. The fraction of sp³-hybridized carbons (Fsp3) is 0.150. The second kappa shape index (κ2) is 6.49. The number of aromatic amines is 1. The first kappa shape index (κ1) is 16.5. The molecule has 2 N–H and O–H groups in total. The molecule has 0 fully saturated rings. The van der Waals surface area contributed by atoms with Gasteiger partial charge in [0, 0.05) is 29.0 Å². The van der Waals surface area contributed by atoms with Gasteiger partial charge in [0.1, 0.15) is 23.9 Å². The smallest absolute Gasteiger partial charge is 0.226 e. The molecule has 0 unspecified atom stereocenters. The molecule has 0 radical (unpaired) electrons. The lowest BCUT2D eigenvalue weighted by Crippen LogP contribution is -2.25. The molecule has 1 amide bonds. The summed E-state index contributed by atoms with van der Waals surface area (Å²) in [5, 5.41) is 14.5. The van der Waals surface area contributed by atoms with E-state index in [9.17, 15) is 9.18 Å². The Hall–Kier alpha value is -3.68. The molecule has 0 saturated heterocycles. The van der Waals surface area contributed by atoms with E-state index in [1.165, 1.54) is 12.1 Å². The number of nitrogens with zero attached hydrogens (tertiary/aromatic N) is 3. The third-order valence-electron chi connectivity index (χ3n) is 4.95. The Kier molecular flexibility index (Phi) is 3.82. The van der Waals surface area contributed by atoms with E-state index in [0.717, 1.165) is 28.1 Å². The first-order valence-electron chi connectivity index (χ1n) is 8.86. The van der Waals surface area contributed by atoms with Gasteiger partial charge in [0.2, 0.25) is 5.91 Å². The molecule has 4 heterocycles. The van der Waals surface area contributed by atoms with Gasteiger partial charge >= 0.3 is 0 Å². The SMILES string of the molecule is O=C1C[C@H](c2cn[nH]c2-c2ccc(F)cc2)c2cnn(Cc3ccco3)c2N1. The number of halogens is 1. The van der Waals surface area contributed by atoms with Gasteiger partial charge in [0.15, 0.2) is 0 Å². The average Bonchev–Trinajstić information content (AvgIpc) is 3.44. The number of nitrogens with one attached hydrogen (secondary N) is 2. The lowest BCUT2D eigenvalue weighted by molar-refractivity contribution is -0.116. The third kappa shape index (κ3) is 2.79. The van der Waals surface area contributed by atoms with Gasteiger partial charge in [-0.05, 0) is 36.4 Å². The summed E-state index contributed by atoms with van der Waals surface area (Å²) in [6.45, 7) is 0.422. The zero-order valence-corrected chi connectivity index (χ0v) is 14.7. The van der Waals surface area contributed by atoms with Crippen molar-refractivity contribution in [3.8, 4) is 11.3 Å². The number of carbonyl (C=O) groups excluding carboxylic acids is 1. The highest BCUT2D eigenvalue weighted by Crippen LogP contribution is 2.40. The summed E-state index contributed by atoms with van der Waals surface area (Å²) in [4.78, 5) is 12.4. The molecule has 28 heavy (non-hydrogen) atoms. The van der Waals surface area contributed by atoms with Crippen LogP contribution in [0, 0.1) is 5.82 Å². The lowest BCUT2D eigenvalue weighted by atomic mass is 9.86. The molecule has 5 rings (SSSR count). The molecule has 1 atom stereocenters. The second-order valence-electron chi connectivity index (χ2n) is 6.70. The summed E-state index contributed by atoms with van der Waals surface area (Å²) in [6.07, 6.45) is 5.37. The zero-order chi connectivity index (χ0) is 19.1. The molecule has 1 aromatic carbocycles. The van der Waals surface area contributed by atoms with Crippen molar-refractivity contribution in [2.75, 3.05) is 5.32 Å². The van der Waals surface area contributed by atoms with Crippen LogP contribution in [0.15, 0.2) is 59.5 Å². The summed E-state index contributed by atoms with van der Waals surface area (Å²) in [5.74, 6) is 0.808. The molecule has 0 aliphatic carbocycles. The topological polar surface area (TPSA) is 88.7 Å². The molecule has 0 bridgehead atoms. The van der Waals surface area contributed by atoms with Crippen LogP contribution in [-0.2, 0) is 11.3 Å². The summed E-state index contributed by atoms with van der Waals surface area (Å²) in [5.41, 5.74) is 3.37. The quantitative estimate of drug-likeness (QED) is 0.569. The van der Waals surface area contributed by atoms with Crippen molar-refractivity contribution < 1.29 is 13.6 Å². The van der Waals surface area contributed by atoms with Crippen molar-refractivity contribution in [3.63, 3.8) is 0 Å². The van der Waals surface area contributed by atoms with Crippen LogP contribution < -0.4 is 5.32 Å². The van der Waals surface area contributed by atoms with Crippen molar-refractivity contribution >= 4 is 11.7 Å². The largest absolute Gasteiger partial charge is 0.467 e. The maximum absolute atomic E-state index is 13.3. The second-order valence-corrected chi connectivity index (χ2v) is 6.70. The minimum absolute atomic E-state index is 0.0926. The summed E-state index contributed by atoms with van der Waals surface area (Å²) in [7, 11) is 0. The standard InChI is InChI=1S/C20H16FN5O2/c21-13-5-3-12(4-6-13)19-16(9-22-25-19)15-8-18(27)24-20-17(15)10-23-26(20)11-14-2-1-7-28-14/h1-7,9-10,15H,8,11H2,(H,22,25)(H,24,27)/t15-/m1/s1. The Labute approximate surface area is 159 Å². The van der Waals surface area contributed by atoms with Crippen LogP contribution in [-0.4, -0.2) is 25.9 Å². The number of hydrogen-bond donors (Lipinski definition) is 2. The van der Waals surface area contributed by atoms with Gasteiger partial charge in [-0.25, -0.2) is 9.07 Å². The summed E-state index contributed by atoms with van der Waals surface area (Å²) >= 11 is 0. The number of hydrogen-bond acceptors (Lipinski definition) is 4. The van der Waals surface area contributed by atoms with Crippen LogP contribution in [0.4, 0.5) is 10.2 Å². The third-order valence-corrected chi connectivity index (χ3v) is 4.95. The van der Waals surface area contributed by atoms with Crippen LogP contribution in [0.25, 0.3) is 11.3 Å². The Bertz CT molecular complexity index is 1130. The number of amides is 1. The minimum atomic E-state index is -0.302. The van der Waals surface area contributed by atoms with Crippen LogP contribution in [0.2, 0.25) is 0 Å². The van der Waals surface area contributed by atoms with Gasteiger partial charge in [-0.2, -0.15) is 10.2 Å². The van der Waals surface area contributed by atoms with E-state index < -0.39 is 0 Å². The molecular formula is C20H16FN5O2. The minimum Gasteiger partial charge on any atom is -0.467 e. The molecular weight excluding hydrogens is 361 g/mol. The van der Waals surface area contributed by atoms with Gasteiger partial charge < -0.3 is 9.73 Å². The monoisotopic (exact) mass is 377 g/mol. The Morgan fingerprint density at radius 2 is 2.04 bits per heavy atom. The van der Waals surface area contributed by atoms with Crippen molar-refractivity contribution in [2.24, 2.45) is 0 Å².